The first-order valence-electron chi connectivity index (χ1n) is 8.69. The molecule has 138 valence electrons. The molecule has 2 aromatic heterocycles. The van der Waals surface area contributed by atoms with Crippen LogP contribution in [0.3, 0.4) is 0 Å². The number of carbonyl (C=O) groups is 1. The van der Waals surface area contributed by atoms with Gasteiger partial charge in [0.15, 0.2) is 0 Å². The van der Waals surface area contributed by atoms with E-state index >= 15 is 0 Å². The molecule has 0 bridgehead atoms. The minimum absolute atomic E-state index is 0.132. The van der Waals surface area contributed by atoms with Crippen LogP contribution in [0.1, 0.15) is 22.7 Å². The summed E-state index contributed by atoms with van der Waals surface area (Å²) in [5, 5.41) is 6.29. The van der Waals surface area contributed by atoms with E-state index < -0.39 is 6.04 Å². The molecule has 1 unspecified atom stereocenters. The zero-order valence-electron chi connectivity index (χ0n) is 15.1. The lowest BCUT2D eigenvalue weighted by Crippen LogP contribution is -2.37. The van der Waals surface area contributed by atoms with Crippen molar-refractivity contribution in [2.75, 3.05) is 7.11 Å². The number of hydrogen-bond acceptors (Lipinski definition) is 5. The Morgan fingerprint density at radius 3 is 2.26 bits per heavy atom. The van der Waals surface area contributed by atoms with Crippen molar-refractivity contribution < 1.29 is 9.53 Å². The molecule has 0 spiro atoms. The second-order valence-electron chi connectivity index (χ2n) is 6.00. The Bertz CT molecular complexity index is 856. The minimum Gasteiger partial charge on any atom is -0.496 e. The van der Waals surface area contributed by atoms with Gasteiger partial charge in [-0.2, -0.15) is 0 Å². The maximum absolute atomic E-state index is 12.9. The van der Waals surface area contributed by atoms with Crippen LogP contribution in [-0.2, 0) is 17.9 Å². The Balaban J connectivity index is 1.76. The summed E-state index contributed by atoms with van der Waals surface area (Å²) in [4.78, 5) is 21.1. The molecule has 1 amide bonds. The van der Waals surface area contributed by atoms with Gasteiger partial charge in [0.05, 0.1) is 7.11 Å². The first-order valence-corrected chi connectivity index (χ1v) is 8.69. The van der Waals surface area contributed by atoms with Crippen molar-refractivity contribution in [3.63, 3.8) is 0 Å². The van der Waals surface area contributed by atoms with E-state index in [0.717, 1.165) is 16.7 Å². The number of aromatic nitrogens is 2. The SMILES string of the molecule is COc1ccccc1C(NCc1cccnc1)C(=O)NCc1cccnc1. The van der Waals surface area contributed by atoms with E-state index in [0.29, 0.717) is 18.8 Å². The molecular weight excluding hydrogens is 340 g/mol. The molecule has 1 aromatic carbocycles. The van der Waals surface area contributed by atoms with Crippen LogP contribution >= 0.6 is 0 Å². The predicted octanol–water partition coefficient (Wildman–Crippen LogP) is 2.63. The summed E-state index contributed by atoms with van der Waals surface area (Å²) in [6.07, 6.45) is 6.95. The molecule has 6 nitrogen and oxygen atoms in total. The number of carbonyl (C=O) groups excluding carboxylic acids is 1. The molecule has 0 saturated carbocycles. The van der Waals surface area contributed by atoms with Gasteiger partial charge in [0, 0.05) is 43.4 Å². The zero-order chi connectivity index (χ0) is 18.9. The Morgan fingerprint density at radius 1 is 0.963 bits per heavy atom. The Labute approximate surface area is 158 Å². The van der Waals surface area contributed by atoms with Crippen LogP contribution in [0.2, 0.25) is 0 Å². The van der Waals surface area contributed by atoms with Crippen LogP contribution < -0.4 is 15.4 Å². The van der Waals surface area contributed by atoms with E-state index in [9.17, 15) is 4.79 Å². The third-order valence-electron chi connectivity index (χ3n) is 4.13. The predicted molar refractivity (Wildman–Crippen MR) is 103 cm³/mol. The van der Waals surface area contributed by atoms with Crippen molar-refractivity contribution >= 4 is 5.91 Å². The second-order valence-corrected chi connectivity index (χ2v) is 6.00. The van der Waals surface area contributed by atoms with Gasteiger partial charge in [0.25, 0.3) is 0 Å². The van der Waals surface area contributed by atoms with Gasteiger partial charge in [-0.05, 0) is 29.3 Å². The first-order chi connectivity index (χ1) is 13.3. The summed E-state index contributed by atoms with van der Waals surface area (Å²) < 4.78 is 5.45. The zero-order valence-corrected chi connectivity index (χ0v) is 15.1. The largest absolute Gasteiger partial charge is 0.496 e. The van der Waals surface area contributed by atoms with Gasteiger partial charge >= 0.3 is 0 Å². The maximum Gasteiger partial charge on any atom is 0.242 e. The highest BCUT2D eigenvalue weighted by molar-refractivity contribution is 5.84. The van der Waals surface area contributed by atoms with E-state index in [1.807, 2.05) is 48.5 Å². The molecule has 0 aliphatic heterocycles. The van der Waals surface area contributed by atoms with E-state index in [-0.39, 0.29) is 5.91 Å². The lowest BCUT2D eigenvalue weighted by atomic mass is 10.0. The number of nitrogens with zero attached hydrogens (tertiary/aromatic N) is 2. The summed E-state index contributed by atoms with van der Waals surface area (Å²) >= 11 is 0. The number of rotatable bonds is 8. The van der Waals surface area contributed by atoms with Crippen LogP contribution in [0, 0.1) is 0 Å². The van der Waals surface area contributed by atoms with Crippen molar-refractivity contribution in [2.45, 2.75) is 19.1 Å². The number of methoxy groups -OCH3 is 1. The quantitative estimate of drug-likeness (QED) is 0.644. The molecule has 2 N–H and O–H groups in total. The number of pyridine rings is 2. The lowest BCUT2D eigenvalue weighted by Gasteiger charge is -2.21. The highest BCUT2D eigenvalue weighted by Crippen LogP contribution is 2.25. The number of ether oxygens (including phenoxy) is 1. The van der Waals surface area contributed by atoms with E-state index in [1.54, 1.807) is 31.9 Å². The van der Waals surface area contributed by atoms with Crippen molar-refractivity contribution in [1.29, 1.82) is 0 Å². The van der Waals surface area contributed by atoms with Gasteiger partial charge in [0.2, 0.25) is 5.91 Å². The molecule has 0 radical (unpaired) electrons. The fraction of sp³-hybridized carbons (Fsp3) is 0.190. The van der Waals surface area contributed by atoms with Crippen molar-refractivity contribution in [1.82, 2.24) is 20.6 Å². The molecule has 1 atom stereocenters. The average molecular weight is 362 g/mol. The third kappa shape index (κ3) is 5.12. The van der Waals surface area contributed by atoms with Gasteiger partial charge in [-0.15, -0.1) is 0 Å². The third-order valence-corrected chi connectivity index (χ3v) is 4.13. The van der Waals surface area contributed by atoms with Gasteiger partial charge in [-0.3, -0.25) is 20.1 Å². The average Bonchev–Trinajstić information content (AvgIpc) is 2.74. The minimum atomic E-state index is -0.557. The van der Waals surface area contributed by atoms with Crippen LogP contribution in [0.25, 0.3) is 0 Å². The van der Waals surface area contributed by atoms with Gasteiger partial charge in [-0.25, -0.2) is 0 Å². The van der Waals surface area contributed by atoms with Gasteiger partial charge in [-0.1, -0.05) is 30.3 Å². The van der Waals surface area contributed by atoms with Crippen LogP contribution in [0.15, 0.2) is 73.3 Å². The summed E-state index contributed by atoms with van der Waals surface area (Å²) in [5.41, 5.74) is 2.72. The van der Waals surface area contributed by atoms with E-state index in [2.05, 4.69) is 20.6 Å². The van der Waals surface area contributed by atoms with Crippen molar-refractivity contribution in [2.24, 2.45) is 0 Å². The molecule has 27 heavy (non-hydrogen) atoms. The molecule has 0 aliphatic rings. The van der Waals surface area contributed by atoms with E-state index in [4.69, 9.17) is 4.74 Å². The molecule has 0 fully saturated rings. The summed E-state index contributed by atoms with van der Waals surface area (Å²) in [5.74, 6) is 0.532. The number of amides is 1. The number of hydrogen-bond donors (Lipinski definition) is 2. The van der Waals surface area contributed by atoms with Crippen molar-refractivity contribution in [3.05, 3.63) is 90.0 Å². The second kappa shape index (κ2) is 9.45. The normalized spacial score (nSPS) is 11.6. The number of benzene rings is 1. The molecule has 0 aliphatic carbocycles. The van der Waals surface area contributed by atoms with Crippen LogP contribution in [-0.4, -0.2) is 23.0 Å². The summed E-state index contributed by atoms with van der Waals surface area (Å²) in [7, 11) is 1.60. The first kappa shape index (κ1) is 18.5. The fourth-order valence-electron chi connectivity index (χ4n) is 2.77. The Hall–Kier alpha value is -3.25. The highest BCUT2D eigenvalue weighted by Gasteiger charge is 2.23. The number of nitrogens with one attached hydrogen (secondary N) is 2. The van der Waals surface area contributed by atoms with Gasteiger partial charge < -0.3 is 10.1 Å². The summed E-state index contributed by atoms with van der Waals surface area (Å²) in [6.45, 7) is 0.920. The maximum atomic E-state index is 12.9. The van der Waals surface area contributed by atoms with Crippen LogP contribution in [0.5, 0.6) is 5.75 Å². The molecule has 6 heteroatoms. The van der Waals surface area contributed by atoms with Crippen LogP contribution in [0.4, 0.5) is 0 Å². The smallest absolute Gasteiger partial charge is 0.242 e. The Kier molecular flexibility index (Phi) is 6.49. The molecule has 3 rings (SSSR count). The van der Waals surface area contributed by atoms with Gasteiger partial charge in [0.1, 0.15) is 11.8 Å². The Morgan fingerprint density at radius 2 is 1.63 bits per heavy atom. The number of para-hydroxylation sites is 1. The molecule has 0 saturated heterocycles. The molecule has 2 heterocycles. The monoisotopic (exact) mass is 362 g/mol. The lowest BCUT2D eigenvalue weighted by molar-refractivity contribution is -0.123. The highest BCUT2D eigenvalue weighted by atomic mass is 16.5. The topological polar surface area (TPSA) is 76.1 Å². The van der Waals surface area contributed by atoms with Crippen molar-refractivity contribution in [3.8, 4) is 5.75 Å². The molecular formula is C21H22N4O2. The molecule has 3 aromatic rings. The van der Waals surface area contributed by atoms with E-state index in [1.165, 1.54) is 0 Å². The fourth-order valence-corrected chi connectivity index (χ4v) is 2.77. The summed E-state index contributed by atoms with van der Waals surface area (Å²) in [6, 6.07) is 14.6. The standard InChI is InChI=1S/C21H22N4O2/c1-27-19-9-3-2-8-18(19)20(24-14-16-6-4-10-22-12-16)21(26)25-15-17-7-5-11-23-13-17/h2-13,20,24H,14-15H2,1H3,(H,25,26).